The minimum Gasteiger partial charge on any atom is -0.310 e. The van der Waals surface area contributed by atoms with Gasteiger partial charge in [-0.25, -0.2) is 0 Å². The van der Waals surface area contributed by atoms with E-state index in [9.17, 15) is 5.26 Å². The van der Waals surface area contributed by atoms with Gasteiger partial charge in [0.1, 0.15) is 6.07 Å². The van der Waals surface area contributed by atoms with Crippen LogP contribution in [0.15, 0.2) is 138 Å². The van der Waals surface area contributed by atoms with Crippen LogP contribution in [0.1, 0.15) is 22.3 Å². The number of fused-ring (bicyclic) bond motifs is 4. The van der Waals surface area contributed by atoms with E-state index in [1.165, 1.54) is 10.8 Å². The topological polar surface area (TPSA) is 39.4 Å². The van der Waals surface area contributed by atoms with Crippen molar-refractivity contribution in [3.05, 3.63) is 156 Å². The van der Waals surface area contributed by atoms with E-state index in [0.29, 0.717) is 11.3 Å². The molecule has 0 saturated heterocycles. The van der Waals surface area contributed by atoms with Crippen LogP contribution in [0.4, 0.5) is 22.7 Å². The van der Waals surface area contributed by atoms with Gasteiger partial charge in [-0.05, 0) is 88.8 Å². The van der Waals surface area contributed by atoms with E-state index in [4.69, 9.17) is 0 Å². The van der Waals surface area contributed by atoms with Gasteiger partial charge in [0.2, 0.25) is 0 Å². The standard InChI is InChI=1S/C41H29N3/c1-28-12-22-36-38(24-28)39-25-30(17-23-37(39)41(43-2)40(36)27-42)14-13-29-15-19-34(20-16-29)44(33-10-4-3-5-11-33)35-21-18-31-8-6-7-9-32(31)26-35/h3-26H,2H2,1H3. The molecule has 3 nitrogen and oxygen atoms in total. The molecule has 0 bridgehead atoms. The highest BCUT2D eigenvalue weighted by Gasteiger charge is 2.15. The molecule has 0 aliphatic rings. The van der Waals surface area contributed by atoms with E-state index in [-0.39, 0.29) is 0 Å². The average molecular weight is 564 g/mol. The normalized spacial score (nSPS) is 11.3. The van der Waals surface area contributed by atoms with Crippen LogP contribution in [0.5, 0.6) is 0 Å². The summed E-state index contributed by atoms with van der Waals surface area (Å²) in [5.74, 6) is 0. The molecule has 7 rings (SSSR count). The average Bonchev–Trinajstić information content (AvgIpc) is 3.07. The van der Waals surface area contributed by atoms with Gasteiger partial charge in [0.15, 0.2) is 0 Å². The van der Waals surface area contributed by atoms with Gasteiger partial charge in [0.05, 0.1) is 11.3 Å². The number of aryl methyl sites for hydroxylation is 1. The Hall–Kier alpha value is -5.98. The monoisotopic (exact) mass is 563 g/mol. The van der Waals surface area contributed by atoms with Gasteiger partial charge in [-0.2, -0.15) is 5.26 Å². The Labute approximate surface area is 257 Å². The fourth-order valence-electron chi connectivity index (χ4n) is 6.00. The molecule has 7 aromatic rings. The summed E-state index contributed by atoms with van der Waals surface area (Å²) in [5, 5.41) is 16.3. The maximum Gasteiger partial charge on any atom is 0.102 e. The van der Waals surface area contributed by atoms with Crippen molar-refractivity contribution in [1.29, 1.82) is 5.26 Å². The van der Waals surface area contributed by atoms with Crippen molar-refractivity contribution in [2.24, 2.45) is 4.99 Å². The minimum atomic E-state index is 0.569. The van der Waals surface area contributed by atoms with Crippen LogP contribution in [-0.4, -0.2) is 6.72 Å². The maximum absolute atomic E-state index is 9.91. The number of para-hydroxylation sites is 1. The molecule has 0 amide bonds. The Morgan fingerprint density at radius 1 is 0.591 bits per heavy atom. The zero-order valence-corrected chi connectivity index (χ0v) is 24.4. The lowest BCUT2D eigenvalue weighted by atomic mass is 9.93. The number of benzene rings is 7. The third-order valence-electron chi connectivity index (χ3n) is 8.17. The van der Waals surface area contributed by atoms with Crippen LogP contribution in [-0.2, 0) is 0 Å². The van der Waals surface area contributed by atoms with Gasteiger partial charge in [0.25, 0.3) is 0 Å². The highest BCUT2D eigenvalue weighted by molar-refractivity contribution is 6.16. The first-order chi connectivity index (χ1) is 21.6. The molecular weight excluding hydrogens is 534 g/mol. The Morgan fingerprint density at radius 2 is 1.23 bits per heavy atom. The molecule has 0 N–H and O–H groups in total. The second-order valence-corrected chi connectivity index (χ2v) is 11.0. The first-order valence-corrected chi connectivity index (χ1v) is 14.6. The van der Waals surface area contributed by atoms with Crippen LogP contribution in [0.2, 0.25) is 0 Å². The lowest BCUT2D eigenvalue weighted by Crippen LogP contribution is -2.09. The summed E-state index contributed by atoms with van der Waals surface area (Å²) in [6.07, 6.45) is 4.27. The van der Waals surface area contributed by atoms with Crippen molar-refractivity contribution >= 4 is 73.9 Å². The Morgan fingerprint density at radius 3 is 2.00 bits per heavy atom. The summed E-state index contributed by atoms with van der Waals surface area (Å²) in [4.78, 5) is 6.54. The van der Waals surface area contributed by atoms with Crippen LogP contribution >= 0.6 is 0 Å². The fraction of sp³-hybridized carbons (Fsp3) is 0.0244. The summed E-state index contributed by atoms with van der Waals surface area (Å²) in [6.45, 7) is 5.84. The molecule has 0 heterocycles. The molecule has 0 atom stereocenters. The summed E-state index contributed by atoms with van der Waals surface area (Å²) in [7, 11) is 0. The van der Waals surface area contributed by atoms with Crippen molar-refractivity contribution in [2.75, 3.05) is 4.90 Å². The predicted octanol–water partition coefficient (Wildman–Crippen LogP) is 11.3. The number of hydrogen-bond donors (Lipinski definition) is 0. The van der Waals surface area contributed by atoms with Gasteiger partial charge in [-0.15, -0.1) is 0 Å². The van der Waals surface area contributed by atoms with Crippen LogP contribution in [0, 0.1) is 18.3 Å². The van der Waals surface area contributed by atoms with E-state index >= 15 is 0 Å². The lowest BCUT2D eigenvalue weighted by molar-refractivity contribution is 1.29. The van der Waals surface area contributed by atoms with E-state index < -0.39 is 0 Å². The summed E-state index contributed by atoms with van der Waals surface area (Å²) in [5.41, 5.74) is 7.85. The molecule has 3 heteroatoms. The molecule has 44 heavy (non-hydrogen) atoms. The van der Waals surface area contributed by atoms with Crippen molar-refractivity contribution in [1.82, 2.24) is 0 Å². The van der Waals surface area contributed by atoms with Gasteiger partial charge < -0.3 is 4.90 Å². The quantitative estimate of drug-likeness (QED) is 0.115. The lowest BCUT2D eigenvalue weighted by Gasteiger charge is -2.26. The third kappa shape index (κ3) is 4.89. The molecular formula is C41H29N3. The smallest absolute Gasteiger partial charge is 0.102 e. The van der Waals surface area contributed by atoms with Crippen molar-refractivity contribution in [3.8, 4) is 6.07 Å². The van der Waals surface area contributed by atoms with Gasteiger partial charge in [-0.3, -0.25) is 4.99 Å². The molecule has 0 spiro atoms. The molecule has 0 aliphatic carbocycles. The highest BCUT2D eigenvalue weighted by atomic mass is 15.1. The zero-order valence-electron chi connectivity index (χ0n) is 24.4. The summed E-state index contributed by atoms with van der Waals surface area (Å²) >= 11 is 0. The number of hydrogen-bond acceptors (Lipinski definition) is 3. The van der Waals surface area contributed by atoms with E-state index in [2.05, 4.69) is 151 Å². The van der Waals surface area contributed by atoms with Crippen molar-refractivity contribution < 1.29 is 0 Å². The first-order valence-electron chi connectivity index (χ1n) is 14.6. The Balaban J connectivity index is 1.25. The van der Waals surface area contributed by atoms with Gasteiger partial charge >= 0.3 is 0 Å². The SMILES string of the molecule is C=Nc1c(C#N)c2ccc(C)cc2c2cc(C=Cc3ccc(N(c4ccccc4)c4ccc5ccccc5c4)cc3)ccc12. The molecule has 7 aromatic carbocycles. The Kier molecular flexibility index (Phi) is 6.94. The van der Waals surface area contributed by atoms with Crippen LogP contribution < -0.4 is 4.90 Å². The molecule has 0 unspecified atom stereocenters. The fourth-order valence-corrected chi connectivity index (χ4v) is 6.00. The van der Waals surface area contributed by atoms with Crippen molar-refractivity contribution in [2.45, 2.75) is 6.92 Å². The molecule has 0 saturated carbocycles. The second kappa shape index (κ2) is 11.4. The summed E-state index contributed by atoms with van der Waals surface area (Å²) < 4.78 is 0. The van der Waals surface area contributed by atoms with Gasteiger partial charge in [-0.1, -0.05) is 109 Å². The van der Waals surface area contributed by atoms with Crippen LogP contribution in [0.3, 0.4) is 0 Å². The second-order valence-electron chi connectivity index (χ2n) is 11.0. The highest BCUT2D eigenvalue weighted by Crippen LogP contribution is 2.39. The van der Waals surface area contributed by atoms with E-state index in [1.807, 2.05) is 24.3 Å². The predicted molar refractivity (Wildman–Crippen MR) is 188 cm³/mol. The van der Waals surface area contributed by atoms with E-state index in [1.54, 1.807) is 0 Å². The number of nitriles is 1. The Bertz CT molecular complexity index is 2260. The number of aliphatic imine (C=N–C) groups is 1. The first kappa shape index (κ1) is 26.9. The summed E-state index contributed by atoms with van der Waals surface area (Å²) in [6, 6.07) is 49.0. The van der Waals surface area contributed by atoms with Gasteiger partial charge in [0, 0.05) is 27.8 Å². The van der Waals surface area contributed by atoms with Crippen molar-refractivity contribution in [3.63, 3.8) is 0 Å². The van der Waals surface area contributed by atoms with E-state index in [0.717, 1.165) is 55.3 Å². The number of anilines is 3. The molecule has 0 aromatic heterocycles. The largest absolute Gasteiger partial charge is 0.310 e. The third-order valence-corrected chi connectivity index (χ3v) is 8.17. The molecule has 0 radical (unpaired) electrons. The molecule has 208 valence electrons. The number of nitrogens with zero attached hydrogens (tertiary/aromatic N) is 3. The zero-order chi connectivity index (χ0) is 30.0. The van der Waals surface area contributed by atoms with Crippen LogP contribution in [0.25, 0.3) is 44.5 Å². The maximum atomic E-state index is 9.91. The molecule has 0 fully saturated rings. The minimum absolute atomic E-state index is 0.569. The number of rotatable bonds is 6. The molecule has 0 aliphatic heterocycles.